The highest BCUT2D eigenvalue weighted by molar-refractivity contribution is 5.14. The van der Waals surface area contributed by atoms with E-state index in [1.165, 1.54) is 82.6 Å². The summed E-state index contributed by atoms with van der Waals surface area (Å²) in [6.07, 6.45) is 29.7. The van der Waals surface area contributed by atoms with Crippen LogP contribution in [0, 0.1) is 0 Å². The summed E-state index contributed by atoms with van der Waals surface area (Å²) in [5.74, 6) is 0. The highest BCUT2D eigenvalue weighted by atomic mass is 15.3. The Morgan fingerprint density at radius 2 is 1.00 bits per heavy atom. The fraction of sp³-hybridized carbons (Fsp3) is 0.571. The first-order valence-electron chi connectivity index (χ1n) is 12.2. The van der Waals surface area contributed by atoms with Crippen molar-refractivity contribution in [3.05, 3.63) is 72.7 Å². The summed E-state index contributed by atoms with van der Waals surface area (Å²) >= 11 is 0. The highest BCUT2D eigenvalue weighted by Crippen LogP contribution is 2.21. The molecule has 0 aliphatic carbocycles. The van der Waals surface area contributed by atoms with Crippen molar-refractivity contribution in [2.45, 2.75) is 104 Å². The molecule has 1 heteroatoms. The van der Waals surface area contributed by atoms with Crippen molar-refractivity contribution in [2.24, 2.45) is 0 Å². The third-order valence-corrected chi connectivity index (χ3v) is 5.37. The van der Waals surface area contributed by atoms with Gasteiger partial charge in [0.25, 0.3) is 0 Å². The maximum atomic E-state index is 2.43. The summed E-state index contributed by atoms with van der Waals surface area (Å²) in [6.45, 7) is 7.81. The lowest BCUT2D eigenvalue weighted by Gasteiger charge is -2.27. The number of hydrogen-bond acceptors (Lipinski definition) is 0. The van der Waals surface area contributed by atoms with Gasteiger partial charge in [0.1, 0.15) is 25.1 Å². The Labute approximate surface area is 181 Å². The standard InChI is InChI=1S/C28H46N/c1-4-7-10-13-19-24-29(25-20-14-11-8-5-2,26-21-15-12-9-6-3)27-28-22-17-16-18-23-28/h16-26H,4-15,27H2,1-3H3/q+1/b24-19-,25-20+,26-21+. The zero-order valence-corrected chi connectivity index (χ0v) is 19.5. The van der Waals surface area contributed by atoms with Crippen LogP contribution in [0.1, 0.15) is 103 Å². The van der Waals surface area contributed by atoms with E-state index < -0.39 is 0 Å². The lowest BCUT2D eigenvalue weighted by molar-refractivity contribution is -0.788. The van der Waals surface area contributed by atoms with Crippen LogP contribution in [0.2, 0.25) is 0 Å². The molecule has 0 saturated heterocycles. The van der Waals surface area contributed by atoms with E-state index in [9.17, 15) is 0 Å². The molecule has 29 heavy (non-hydrogen) atoms. The average Bonchev–Trinajstić information content (AvgIpc) is 2.74. The first-order valence-corrected chi connectivity index (χ1v) is 12.2. The average molecular weight is 397 g/mol. The van der Waals surface area contributed by atoms with Gasteiger partial charge in [-0.05, 0) is 56.8 Å². The Bertz CT molecular complexity index is 517. The van der Waals surface area contributed by atoms with Crippen LogP contribution in [0.5, 0.6) is 0 Å². The fourth-order valence-corrected chi connectivity index (χ4v) is 3.56. The summed E-state index contributed by atoms with van der Waals surface area (Å²) in [5, 5.41) is 0. The zero-order valence-electron chi connectivity index (χ0n) is 19.5. The van der Waals surface area contributed by atoms with Gasteiger partial charge in [-0.1, -0.05) is 89.6 Å². The second-order valence-corrected chi connectivity index (χ2v) is 8.28. The minimum absolute atomic E-state index is 0.800. The molecule has 0 aliphatic heterocycles. The summed E-state index contributed by atoms with van der Waals surface area (Å²) < 4.78 is 0.800. The summed E-state index contributed by atoms with van der Waals surface area (Å²) in [4.78, 5) is 0. The van der Waals surface area contributed by atoms with Crippen LogP contribution in [0.3, 0.4) is 0 Å². The molecule has 0 unspecified atom stereocenters. The van der Waals surface area contributed by atoms with Gasteiger partial charge in [0.15, 0.2) is 0 Å². The van der Waals surface area contributed by atoms with E-state index >= 15 is 0 Å². The molecule has 0 spiro atoms. The molecule has 1 aromatic rings. The topological polar surface area (TPSA) is 0 Å². The normalized spacial score (nSPS) is 12.7. The summed E-state index contributed by atoms with van der Waals surface area (Å²) in [7, 11) is 0. The van der Waals surface area contributed by atoms with Gasteiger partial charge in [0, 0.05) is 5.56 Å². The van der Waals surface area contributed by atoms with Crippen LogP contribution < -0.4 is 0 Å². The molecule has 0 N–H and O–H groups in total. The number of unbranched alkanes of at least 4 members (excludes halogenated alkanes) is 9. The van der Waals surface area contributed by atoms with Crippen molar-refractivity contribution in [3.63, 3.8) is 0 Å². The van der Waals surface area contributed by atoms with E-state index in [2.05, 4.69) is 87.9 Å². The monoisotopic (exact) mass is 396 g/mol. The van der Waals surface area contributed by atoms with Crippen LogP contribution >= 0.6 is 0 Å². The third-order valence-electron chi connectivity index (χ3n) is 5.37. The molecule has 1 rings (SSSR count). The van der Waals surface area contributed by atoms with Crippen LogP contribution in [-0.4, -0.2) is 4.48 Å². The second-order valence-electron chi connectivity index (χ2n) is 8.28. The molecule has 1 aromatic carbocycles. The van der Waals surface area contributed by atoms with Crippen molar-refractivity contribution in [1.82, 2.24) is 0 Å². The summed E-state index contributed by atoms with van der Waals surface area (Å²) in [6, 6.07) is 10.9. The Hall–Kier alpha value is -1.60. The maximum absolute atomic E-state index is 2.43. The lowest BCUT2D eigenvalue weighted by atomic mass is 10.1. The Kier molecular flexibility index (Phi) is 15.2. The first-order chi connectivity index (χ1) is 14.3. The molecule has 0 aromatic heterocycles. The van der Waals surface area contributed by atoms with Gasteiger partial charge in [-0.25, -0.2) is 4.48 Å². The molecule has 0 bridgehead atoms. The highest BCUT2D eigenvalue weighted by Gasteiger charge is 2.19. The summed E-state index contributed by atoms with van der Waals surface area (Å²) in [5.41, 5.74) is 1.39. The molecule has 0 heterocycles. The first kappa shape index (κ1) is 25.4. The molecule has 0 aliphatic rings. The molecule has 0 radical (unpaired) electrons. The predicted octanol–water partition coefficient (Wildman–Crippen LogP) is 9.29. The number of allylic oxidation sites excluding steroid dienone is 3. The molecule has 1 nitrogen and oxygen atoms in total. The van der Waals surface area contributed by atoms with Gasteiger partial charge in [-0.2, -0.15) is 0 Å². The van der Waals surface area contributed by atoms with E-state index in [0.717, 1.165) is 11.0 Å². The van der Waals surface area contributed by atoms with Crippen molar-refractivity contribution in [2.75, 3.05) is 0 Å². The van der Waals surface area contributed by atoms with E-state index in [0.29, 0.717) is 0 Å². The van der Waals surface area contributed by atoms with E-state index in [4.69, 9.17) is 0 Å². The van der Waals surface area contributed by atoms with E-state index in [1.54, 1.807) is 0 Å². The second kappa shape index (κ2) is 17.3. The minimum atomic E-state index is 0.800. The van der Waals surface area contributed by atoms with Crippen molar-refractivity contribution in [1.29, 1.82) is 0 Å². The molecular weight excluding hydrogens is 350 g/mol. The smallest absolute Gasteiger partial charge is 0.117 e. The quantitative estimate of drug-likeness (QED) is 0.182. The number of rotatable bonds is 17. The molecule has 0 saturated carbocycles. The number of benzene rings is 1. The molecular formula is C28H46N+. The SMILES string of the molecule is CCCCC/C=C\[N+](/C=C/CCCCC)(/C=C/CCCCC)Cc1ccccc1. The van der Waals surface area contributed by atoms with Gasteiger partial charge in [0.05, 0.1) is 0 Å². The van der Waals surface area contributed by atoms with Crippen molar-refractivity contribution in [3.8, 4) is 0 Å². The minimum Gasteiger partial charge on any atom is -0.242 e. The van der Waals surface area contributed by atoms with Gasteiger partial charge in [-0.15, -0.1) is 0 Å². The Morgan fingerprint density at radius 3 is 1.38 bits per heavy atom. The van der Waals surface area contributed by atoms with Gasteiger partial charge >= 0.3 is 0 Å². The van der Waals surface area contributed by atoms with E-state index in [1.807, 2.05) is 0 Å². The predicted molar refractivity (Wildman–Crippen MR) is 130 cm³/mol. The van der Waals surface area contributed by atoms with Gasteiger partial charge in [-0.3, -0.25) is 0 Å². The van der Waals surface area contributed by atoms with Crippen LogP contribution in [0.25, 0.3) is 0 Å². The molecule has 162 valence electrons. The fourth-order valence-electron chi connectivity index (χ4n) is 3.56. The zero-order chi connectivity index (χ0) is 21.0. The molecule has 0 fully saturated rings. The van der Waals surface area contributed by atoms with Crippen LogP contribution in [-0.2, 0) is 6.54 Å². The van der Waals surface area contributed by atoms with Crippen molar-refractivity contribution >= 4 is 0 Å². The molecule has 0 amide bonds. The number of nitrogens with zero attached hydrogens (tertiary/aromatic N) is 1. The Balaban J connectivity index is 2.99. The Morgan fingerprint density at radius 1 is 0.586 bits per heavy atom. The van der Waals surface area contributed by atoms with Crippen LogP contribution in [0.4, 0.5) is 0 Å². The van der Waals surface area contributed by atoms with Crippen LogP contribution in [0.15, 0.2) is 67.2 Å². The maximum Gasteiger partial charge on any atom is 0.117 e. The number of quaternary nitrogens is 1. The van der Waals surface area contributed by atoms with Gasteiger partial charge in [0.2, 0.25) is 0 Å². The molecule has 0 atom stereocenters. The van der Waals surface area contributed by atoms with Crippen molar-refractivity contribution < 1.29 is 4.48 Å². The van der Waals surface area contributed by atoms with E-state index in [-0.39, 0.29) is 0 Å². The van der Waals surface area contributed by atoms with Gasteiger partial charge < -0.3 is 0 Å². The largest absolute Gasteiger partial charge is 0.242 e. The lowest BCUT2D eigenvalue weighted by Crippen LogP contribution is -2.30. The number of hydrogen-bond donors (Lipinski definition) is 0. The third kappa shape index (κ3) is 12.5.